The van der Waals surface area contributed by atoms with Crippen molar-refractivity contribution >= 4 is 11.8 Å². The lowest BCUT2D eigenvalue weighted by Gasteiger charge is -2.23. The van der Waals surface area contributed by atoms with Gasteiger partial charge in [-0.15, -0.1) is 0 Å². The third kappa shape index (κ3) is 2.02. The van der Waals surface area contributed by atoms with Gasteiger partial charge in [0.25, 0.3) is 0 Å². The van der Waals surface area contributed by atoms with E-state index in [1.807, 2.05) is 0 Å². The Labute approximate surface area is 99.5 Å². The fourth-order valence-corrected chi connectivity index (χ4v) is 2.21. The van der Waals surface area contributed by atoms with E-state index in [4.69, 9.17) is 9.47 Å². The van der Waals surface area contributed by atoms with Gasteiger partial charge in [-0.2, -0.15) is 0 Å². The molecule has 17 heavy (non-hydrogen) atoms. The molecule has 1 aliphatic rings. The molecule has 1 aliphatic carbocycles. The number of methoxy groups -OCH3 is 2. The first-order chi connectivity index (χ1) is 8.17. The molecule has 1 atom stereocenters. The number of rotatable bonds is 2. The number of ketones is 1. The van der Waals surface area contributed by atoms with E-state index in [9.17, 15) is 9.59 Å². The van der Waals surface area contributed by atoms with Gasteiger partial charge in [0.2, 0.25) is 0 Å². The highest BCUT2D eigenvalue weighted by Gasteiger charge is 2.32. The van der Waals surface area contributed by atoms with Crippen molar-refractivity contribution in [3.8, 4) is 5.75 Å². The van der Waals surface area contributed by atoms with E-state index < -0.39 is 5.92 Å². The summed E-state index contributed by atoms with van der Waals surface area (Å²) >= 11 is 0. The predicted molar refractivity (Wildman–Crippen MR) is 61.2 cm³/mol. The molecule has 4 nitrogen and oxygen atoms in total. The highest BCUT2D eigenvalue weighted by atomic mass is 16.5. The van der Waals surface area contributed by atoms with Crippen molar-refractivity contribution in [3.63, 3.8) is 0 Å². The number of Topliss-reactive ketones (excluding diaryl/α,β-unsaturated/α-hetero) is 1. The molecule has 0 aromatic heterocycles. The summed E-state index contributed by atoms with van der Waals surface area (Å²) < 4.78 is 9.91. The lowest BCUT2D eigenvalue weighted by Crippen LogP contribution is -2.27. The molecule has 0 saturated heterocycles. The number of carbonyl (C=O) groups excluding carboxylic acids is 2. The summed E-state index contributed by atoms with van der Waals surface area (Å²) in [6.07, 6.45) is 0.713. The maximum atomic E-state index is 11.9. The summed E-state index contributed by atoms with van der Waals surface area (Å²) in [7, 11) is 2.90. The van der Waals surface area contributed by atoms with Crippen LogP contribution in [0.2, 0.25) is 0 Å². The molecule has 0 radical (unpaired) electrons. The molecule has 0 amide bonds. The van der Waals surface area contributed by atoms with Crippen LogP contribution in [0, 0.1) is 5.92 Å². The highest BCUT2D eigenvalue weighted by Crippen LogP contribution is 2.32. The SMILES string of the molecule is COC(=O)[C@@H]1CC(=O)c2cccc(OC)c2C1. The van der Waals surface area contributed by atoms with E-state index in [1.165, 1.54) is 7.11 Å². The molecule has 0 aliphatic heterocycles. The number of esters is 1. The quantitative estimate of drug-likeness (QED) is 0.729. The molecule has 0 saturated carbocycles. The van der Waals surface area contributed by atoms with Crippen LogP contribution < -0.4 is 4.74 Å². The highest BCUT2D eigenvalue weighted by molar-refractivity contribution is 6.01. The summed E-state index contributed by atoms with van der Waals surface area (Å²) in [5.74, 6) is -0.101. The Balaban J connectivity index is 2.40. The molecular formula is C13H14O4. The van der Waals surface area contributed by atoms with Gasteiger partial charge in [0.1, 0.15) is 5.75 Å². The van der Waals surface area contributed by atoms with Gasteiger partial charge in [0.15, 0.2) is 5.78 Å². The van der Waals surface area contributed by atoms with Gasteiger partial charge in [0, 0.05) is 17.5 Å². The molecule has 0 spiro atoms. The molecule has 90 valence electrons. The molecule has 0 bridgehead atoms. The summed E-state index contributed by atoms with van der Waals surface area (Å²) in [5, 5.41) is 0. The molecule has 0 heterocycles. The standard InChI is InChI=1S/C13H14O4/c1-16-12-5-3-4-9-10(12)6-8(7-11(9)14)13(15)17-2/h3-5,8H,6-7H2,1-2H3/t8-/m0/s1. The van der Waals surface area contributed by atoms with Crippen molar-refractivity contribution < 1.29 is 19.1 Å². The van der Waals surface area contributed by atoms with E-state index in [-0.39, 0.29) is 18.2 Å². The molecular weight excluding hydrogens is 220 g/mol. The van der Waals surface area contributed by atoms with Crippen LogP contribution in [0.4, 0.5) is 0 Å². The number of fused-ring (bicyclic) bond motifs is 1. The van der Waals surface area contributed by atoms with E-state index in [0.29, 0.717) is 17.7 Å². The Kier molecular flexibility index (Phi) is 3.13. The van der Waals surface area contributed by atoms with Gasteiger partial charge in [0.05, 0.1) is 20.1 Å². The molecule has 0 fully saturated rings. The first-order valence-electron chi connectivity index (χ1n) is 5.44. The number of carbonyl (C=O) groups is 2. The topological polar surface area (TPSA) is 52.6 Å². The van der Waals surface area contributed by atoms with Crippen LogP contribution in [-0.4, -0.2) is 26.0 Å². The van der Waals surface area contributed by atoms with Gasteiger partial charge in [-0.05, 0) is 12.5 Å². The maximum absolute atomic E-state index is 11.9. The van der Waals surface area contributed by atoms with Crippen molar-refractivity contribution in [2.45, 2.75) is 12.8 Å². The van der Waals surface area contributed by atoms with Gasteiger partial charge in [-0.25, -0.2) is 0 Å². The van der Waals surface area contributed by atoms with Crippen molar-refractivity contribution in [2.75, 3.05) is 14.2 Å². The zero-order chi connectivity index (χ0) is 12.4. The van der Waals surface area contributed by atoms with Gasteiger partial charge < -0.3 is 9.47 Å². The smallest absolute Gasteiger partial charge is 0.309 e. The Morgan fingerprint density at radius 2 is 2.06 bits per heavy atom. The van der Waals surface area contributed by atoms with E-state index in [1.54, 1.807) is 25.3 Å². The first-order valence-corrected chi connectivity index (χ1v) is 5.44. The van der Waals surface area contributed by atoms with E-state index >= 15 is 0 Å². The van der Waals surface area contributed by atoms with Crippen LogP contribution in [0.1, 0.15) is 22.3 Å². The minimum atomic E-state index is -0.392. The summed E-state index contributed by atoms with van der Waals surface area (Å²) in [5.41, 5.74) is 1.46. The lowest BCUT2D eigenvalue weighted by atomic mass is 9.82. The van der Waals surface area contributed by atoms with Crippen LogP contribution in [-0.2, 0) is 16.0 Å². The second-order valence-corrected chi connectivity index (χ2v) is 4.04. The number of benzene rings is 1. The zero-order valence-corrected chi connectivity index (χ0v) is 9.86. The summed E-state index contributed by atoms with van der Waals surface area (Å²) in [6, 6.07) is 5.35. The Morgan fingerprint density at radius 3 is 2.71 bits per heavy atom. The molecule has 0 N–H and O–H groups in total. The van der Waals surface area contributed by atoms with Gasteiger partial charge >= 0.3 is 5.97 Å². The van der Waals surface area contributed by atoms with Crippen molar-refractivity contribution in [2.24, 2.45) is 5.92 Å². The molecule has 2 rings (SSSR count). The van der Waals surface area contributed by atoms with Gasteiger partial charge in [-0.3, -0.25) is 9.59 Å². The average Bonchev–Trinajstić information content (AvgIpc) is 2.37. The Bertz CT molecular complexity index is 464. The first kappa shape index (κ1) is 11.6. The molecule has 1 aromatic rings. The second-order valence-electron chi connectivity index (χ2n) is 4.04. The van der Waals surface area contributed by atoms with Crippen molar-refractivity contribution in [1.29, 1.82) is 0 Å². The van der Waals surface area contributed by atoms with Crippen LogP contribution >= 0.6 is 0 Å². The minimum absolute atomic E-state index is 0.0273. The zero-order valence-electron chi connectivity index (χ0n) is 9.86. The second kappa shape index (κ2) is 4.57. The van der Waals surface area contributed by atoms with E-state index in [0.717, 1.165) is 5.56 Å². The monoisotopic (exact) mass is 234 g/mol. The Hall–Kier alpha value is -1.84. The number of hydrogen-bond acceptors (Lipinski definition) is 4. The average molecular weight is 234 g/mol. The largest absolute Gasteiger partial charge is 0.496 e. The van der Waals surface area contributed by atoms with Crippen LogP contribution in [0.15, 0.2) is 18.2 Å². The number of ether oxygens (including phenoxy) is 2. The maximum Gasteiger partial charge on any atom is 0.309 e. The van der Waals surface area contributed by atoms with Crippen LogP contribution in [0.25, 0.3) is 0 Å². The molecule has 4 heteroatoms. The predicted octanol–water partition coefficient (Wildman–Crippen LogP) is 1.61. The van der Waals surface area contributed by atoms with Crippen LogP contribution in [0.5, 0.6) is 5.75 Å². The van der Waals surface area contributed by atoms with Crippen LogP contribution in [0.3, 0.4) is 0 Å². The van der Waals surface area contributed by atoms with E-state index in [2.05, 4.69) is 0 Å². The summed E-state index contributed by atoms with van der Waals surface area (Å²) in [4.78, 5) is 23.4. The third-order valence-corrected chi connectivity index (χ3v) is 3.07. The normalized spacial score (nSPS) is 18.5. The van der Waals surface area contributed by atoms with Crippen molar-refractivity contribution in [1.82, 2.24) is 0 Å². The fourth-order valence-electron chi connectivity index (χ4n) is 2.21. The lowest BCUT2D eigenvalue weighted by molar-refractivity contribution is -0.145. The fraction of sp³-hybridized carbons (Fsp3) is 0.385. The minimum Gasteiger partial charge on any atom is -0.496 e. The van der Waals surface area contributed by atoms with Crippen molar-refractivity contribution in [3.05, 3.63) is 29.3 Å². The Morgan fingerprint density at radius 1 is 1.29 bits per heavy atom. The molecule has 1 aromatic carbocycles. The number of hydrogen-bond donors (Lipinski definition) is 0. The molecule has 0 unspecified atom stereocenters. The summed E-state index contributed by atoms with van der Waals surface area (Å²) in [6.45, 7) is 0. The third-order valence-electron chi connectivity index (χ3n) is 3.07. The van der Waals surface area contributed by atoms with Gasteiger partial charge in [-0.1, -0.05) is 12.1 Å².